The molecule has 2 aliphatic rings. The summed E-state index contributed by atoms with van der Waals surface area (Å²) in [6.07, 6.45) is 11.3. The van der Waals surface area contributed by atoms with Gasteiger partial charge in [-0.15, -0.1) is 0 Å². The first-order valence-electron chi connectivity index (χ1n) is 21.7. The fourth-order valence-corrected chi connectivity index (χ4v) is 9.56. The van der Waals surface area contributed by atoms with E-state index in [0.717, 1.165) is 50.8 Å². The van der Waals surface area contributed by atoms with Crippen LogP contribution in [-0.4, -0.2) is 0 Å². The molecule has 0 aromatic heterocycles. The Kier molecular flexibility index (Phi) is 9.93. The van der Waals surface area contributed by atoms with Gasteiger partial charge in [0.25, 0.3) is 0 Å². The Morgan fingerprint density at radius 1 is 0.371 bits per heavy atom. The number of fused-ring (bicyclic) bond motifs is 4. The molecule has 0 saturated carbocycles. The Bertz CT molecular complexity index is 3000. The molecular formula is C60H50N2. The third-order valence-electron chi connectivity index (χ3n) is 12.8. The standard InChI is InChI=1S/C60H50N2/c1-59(2)41-40-48(26-19-21-45-20-11-15-30-54(45)59)61(46-22-7-5-8-23-46)57-32-17-13-27-50(57)43-34-36-44(37-35-43)51-28-14-18-33-58(51)62(47-24-9-6-10-25-47)49-38-39-53-52-29-12-16-31-55(52)60(3,4)56(53)42-49/h5-42H,1-4H3/b21-19+,41-40+,48-26+. The van der Waals surface area contributed by atoms with Crippen LogP contribution in [0.3, 0.4) is 0 Å². The summed E-state index contributed by atoms with van der Waals surface area (Å²) in [5, 5.41) is 0. The van der Waals surface area contributed by atoms with Crippen LogP contribution in [0.1, 0.15) is 49.9 Å². The molecule has 2 aliphatic carbocycles. The minimum Gasteiger partial charge on any atom is -0.310 e. The SMILES string of the molecule is CC1(C)/C=C/C(N(c2ccccc2)c2ccccc2-c2ccc(-c3ccccc3N(c3ccccc3)c3ccc4c(c3)C(C)(C)c3ccccc3-4)cc2)=C\C=C\c2ccccc21. The molecule has 0 heterocycles. The minimum absolute atomic E-state index is 0.104. The molecule has 10 rings (SSSR count). The highest BCUT2D eigenvalue weighted by Crippen LogP contribution is 2.51. The molecule has 2 nitrogen and oxygen atoms in total. The van der Waals surface area contributed by atoms with Crippen LogP contribution in [0.5, 0.6) is 0 Å². The molecule has 62 heavy (non-hydrogen) atoms. The first-order valence-corrected chi connectivity index (χ1v) is 21.7. The summed E-state index contributed by atoms with van der Waals surface area (Å²) >= 11 is 0. The monoisotopic (exact) mass is 798 g/mol. The Labute approximate surface area is 367 Å². The second-order valence-electron chi connectivity index (χ2n) is 17.4. The van der Waals surface area contributed by atoms with Gasteiger partial charge in [-0.1, -0.05) is 198 Å². The van der Waals surface area contributed by atoms with Crippen molar-refractivity contribution in [2.45, 2.75) is 38.5 Å². The van der Waals surface area contributed by atoms with Gasteiger partial charge in [-0.25, -0.2) is 0 Å². The zero-order chi connectivity index (χ0) is 42.3. The van der Waals surface area contributed by atoms with Crippen molar-refractivity contribution in [3.8, 4) is 33.4 Å². The second kappa shape index (κ2) is 15.9. The third-order valence-corrected chi connectivity index (χ3v) is 12.8. The van der Waals surface area contributed by atoms with Crippen LogP contribution in [0, 0.1) is 0 Å². The Morgan fingerprint density at radius 2 is 0.871 bits per heavy atom. The van der Waals surface area contributed by atoms with Gasteiger partial charge < -0.3 is 9.80 Å². The molecule has 0 bridgehead atoms. The van der Waals surface area contributed by atoms with Gasteiger partial charge in [-0.05, 0) is 105 Å². The first kappa shape index (κ1) is 38.8. The summed E-state index contributed by atoms with van der Waals surface area (Å²) in [6.45, 7) is 9.30. The number of rotatable bonds is 8. The molecule has 0 unspecified atom stereocenters. The number of nitrogens with zero attached hydrogens (tertiary/aromatic N) is 2. The lowest BCUT2D eigenvalue weighted by Gasteiger charge is -2.30. The summed E-state index contributed by atoms with van der Waals surface area (Å²) in [5.41, 5.74) is 19.0. The summed E-state index contributed by atoms with van der Waals surface area (Å²) in [7, 11) is 0. The molecule has 0 aliphatic heterocycles. The van der Waals surface area contributed by atoms with Gasteiger partial charge in [0.2, 0.25) is 0 Å². The van der Waals surface area contributed by atoms with Crippen molar-refractivity contribution < 1.29 is 0 Å². The minimum atomic E-state index is -0.169. The van der Waals surface area contributed by atoms with Crippen LogP contribution in [0.25, 0.3) is 39.5 Å². The van der Waals surface area contributed by atoms with E-state index in [1.54, 1.807) is 0 Å². The van der Waals surface area contributed by atoms with Gasteiger partial charge in [0.05, 0.1) is 11.4 Å². The van der Waals surface area contributed by atoms with Crippen LogP contribution in [-0.2, 0) is 10.8 Å². The molecular weight excluding hydrogens is 749 g/mol. The highest BCUT2D eigenvalue weighted by molar-refractivity contribution is 5.92. The lowest BCUT2D eigenvalue weighted by Crippen LogP contribution is -2.18. The Hall–Kier alpha value is -7.42. The maximum atomic E-state index is 2.42. The fraction of sp³-hybridized carbons (Fsp3) is 0.100. The average molecular weight is 799 g/mol. The van der Waals surface area contributed by atoms with Crippen LogP contribution in [0.2, 0.25) is 0 Å². The number of hydrogen-bond donors (Lipinski definition) is 0. The molecule has 0 N–H and O–H groups in total. The summed E-state index contributed by atoms with van der Waals surface area (Å²) in [6, 6.07) is 72.8. The molecule has 0 saturated heterocycles. The van der Waals surface area contributed by atoms with E-state index >= 15 is 0 Å². The van der Waals surface area contributed by atoms with Gasteiger partial charge in [0, 0.05) is 44.7 Å². The Morgan fingerprint density at radius 3 is 1.52 bits per heavy atom. The number of allylic oxidation sites excluding steroid dienone is 4. The zero-order valence-electron chi connectivity index (χ0n) is 35.8. The van der Waals surface area contributed by atoms with Crippen molar-refractivity contribution >= 4 is 34.5 Å². The van der Waals surface area contributed by atoms with E-state index in [1.807, 2.05) is 0 Å². The lowest BCUT2D eigenvalue weighted by atomic mass is 9.81. The quantitative estimate of drug-likeness (QED) is 0.151. The smallest absolute Gasteiger partial charge is 0.0540 e. The fourth-order valence-electron chi connectivity index (χ4n) is 9.56. The first-order chi connectivity index (χ1) is 30.3. The molecule has 0 radical (unpaired) electrons. The Balaban J connectivity index is 1.05. The lowest BCUT2D eigenvalue weighted by molar-refractivity contribution is 0.660. The highest BCUT2D eigenvalue weighted by Gasteiger charge is 2.36. The van der Waals surface area contributed by atoms with E-state index in [1.165, 1.54) is 38.9 Å². The predicted octanol–water partition coefficient (Wildman–Crippen LogP) is 16.4. The van der Waals surface area contributed by atoms with E-state index < -0.39 is 0 Å². The summed E-state index contributed by atoms with van der Waals surface area (Å²) in [4.78, 5) is 4.81. The number of hydrogen-bond acceptors (Lipinski definition) is 2. The van der Waals surface area contributed by atoms with Crippen molar-refractivity contribution in [1.82, 2.24) is 0 Å². The number of anilines is 5. The van der Waals surface area contributed by atoms with Crippen LogP contribution in [0.4, 0.5) is 28.4 Å². The van der Waals surface area contributed by atoms with E-state index in [0.29, 0.717) is 0 Å². The highest BCUT2D eigenvalue weighted by atomic mass is 15.2. The van der Waals surface area contributed by atoms with Crippen LogP contribution in [0.15, 0.2) is 230 Å². The maximum absolute atomic E-state index is 2.42. The average Bonchev–Trinajstić information content (AvgIpc) is 3.57. The summed E-state index contributed by atoms with van der Waals surface area (Å²) in [5.74, 6) is 0. The molecule has 300 valence electrons. The molecule has 2 heteroatoms. The van der Waals surface area contributed by atoms with Crippen molar-refractivity contribution in [3.05, 3.63) is 252 Å². The molecule has 0 spiro atoms. The van der Waals surface area contributed by atoms with Gasteiger partial charge in [-0.3, -0.25) is 0 Å². The molecule has 8 aromatic rings. The van der Waals surface area contributed by atoms with Gasteiger partial charge in [0.15, 0.2) is 0 Å². The van der Waals surface area contributed by atoms with E-state index in [-0.39, 0.29) is 10.8 Å². The van der Waals surface area contributed by atoms with Crippen molar-refractivity contribution in [1.29, 1.82) is 0 Å². The van der Waals surface area contributed by atoms with E-state index in [9.17, 15) is 0 Å². The number of para-hydroxylation sites is 4. The van der Waals surface area contributed by atoms with Crippen molar-refractivity contribution in [2.75, 3.05) is 9.80 Å². The van der Waals surface area contributed by atoms with E-state index in [2.05, 4.69) is 268 Å². The van der Waals surface area contributed by atoms with Gasteiger partial charge >= 0.3 is 0 Å². The van der Waals surface area contributed by atoms with Crippen LogP contribution >= 0.6 is 0 Å². The van der Waals surface area contributed by atoms with Crippen molar-refractivity contribution in [2.24, 2.45) is 0 Å². The maximum Gasteiger partial charge on any atom is 0.0540 e. The topological polar surface area (TPSA) is 6.48 Å². The molecule has 0 fully saturated rings. The van der Waals surface area contributed by atoms with E-state index in [4.69, 9.17) is 0 Å². The zero-order valence-corrected chi connectivity index (χ0v) is 35.8. The van der Waals surface area contributed by atoms with Crippen LogP contribution < -0.4 is 9.80 Å². The largest absolute Gasteiger partial charge is 0.310 e. The predicted molar refractivity (Wildman–Crippen MR) is 264 cm³/mol. The summed E-state index contributed by atoms with van der Waals surface area (Å²) < 4.78 is 0. The van der Waals surface area contributed by atoms with Crippen molar-refractivity contribution in [3.63, 3.8) is 0 Å². The molecule has 0 amide bonds. The normalized spacial score (nSPS) is 16.2. The second-order valence-corrected chi connectivity index (χ2v) is 17.4. The van der Waals surface area contributed by atoms with Gasteiger partial charge in [0.1, 0.15) is 0 Å². The van der Waals surface area contributed by atoms with Gasteiger partial charge in [-0.2, -0.15) is 0 Å². The molecule has 8 aromatic carbocycles. The third kappa shape index (κ3) is 6.98. The molecule has 0 atom stereocenters. The number of benzene rings is 8.